The largest absolute Gasteiger partial charge is 0.514 e. The van der Waals surface area contributed by atoms with Crippen molar-refractivity contribution in [2.45, 2.75) is 52.4 Å². The first-order valence-corrected chi connectivity index (χ1v) is 6.57. The van der Waals surface area contributed by atoms with Gasteiger partial charge in [-0.05, 0) is 45.7 Å². The van der Waals surface area contributed by atoms with Gasteiger partial charge in [-0.1, -0.05) is 6.07 Å². The monoisotopic (exact) mass is 263 g/mol. The Morgan fingerprint density at radius 2 is 1.79 bits per heavy atom. The van der Waals surface area contributed by atoms with Crippen molar-refractivity contribution in [2.24, 2.45) is 0 Å². The molecular weight excluding hydrogens is 241 g/mol. The number of nitrogens with zero attached hydrogens (tertiary/aromatic N) is 1. The first-order valence-electron chi connectivity index (χ1n) is 6.57. The number of rotatable bonds is 3. The van der Waals surface area contributed by atoms with E-state index in [9.17, 15) is 0 Å². The molecule has 19 heavy (non-hydrogen) atoms. The molecule has 0 aromatic carbocycles. The minimum Gasteiger partial charge on any atom is -0.398 e. The quantitative estimate of drug-likeness (QED) is 0.780. The molecule has 1 aromatic rings. The van der Waals surface area contributed by atoms with Crippen molar-refractivity contribution in [1.29, 1.82) is 0 Å². The van der Waals surface area contributed by atoms with E-state index in [4.69, 9.17) is 14.0 Å². The second-order valence-corrected chi connectivity index (χ2v) is 6.07. The van der Waals surface area contributed by atoms with Gasteiger partial charge < -0.3 is 14.0 Å². The van der Waals surface area contributed by atoms with Crippen LogP contribution in [0.1, 0.15) is 38.8 Å². The Labute approximate surface area is 115 Å². The summed E-state index contributed by atoms with van der Waals surface area (Å²) in [7, 11) is 1.28. The molecule has 0 N–H and O–H groups in total. The average Bonchev–Trinajstić information content (AvgIpc) is 2.48. The Morgan fingerprint density at radius 1 is 1.21 bits per heavy atom. The molecule has 2 heterocycles. The van der Waals surface area contributed by atoms with Crippen molar-refractivity contribution >= 4 is 12.7 Å². The highest BCUT2D eigenvalue weighted by Gasteiger charge is 2.52. The van der Waals surface area contributed by atoms with Crippen molar-refractivity contribution < 1.29 is 14.0 Å². The molecule has 0 aliphatic carbocycles. The number of aromatic nitrogens is 1. The lowest BCUT2D eigenvalue weighted by Gasteiger charge is -2.32. The van der Waals surface area contributed by atoms with Gasteiger partial charge in [0, 0.05) is 13.3 Å². The van der Waals surface area contributed by atoms with E-state index in [-0.39, 0.29) is 11.2 Å². The summed E-state index contributed by atoms with van der Waals surface area (Å²) in [6.45, 7) is 10.8. The maximum absolute atomic E-state index is 6.01. The third-order valence-corrected chi connectivity index (χ3v) is 3.96. The number of pyridine rings is 1. The molecule has 1 aromatic heterocycles. The van der Waals surface area contributed by atoms with Crippen LogP contribution in [0.2, 0.25) is 0 Å². The van der Waals surface area contributed by atoms with Gasteiger partial charge >= 0.3 is 7.12 Å². The summed E-state index contributed by atoms with van der Waals surface area (Å²) in [5.41, 5.74) is 2.29. The normalized spacial score (nSPS) is 20.8. The van der Waals surface area contributed by atoms with Crippen LogP contribution in [0.5, 0.6) is 0 Å². The summed E-state index contributed by atoms with van der Waals surface area (Å²) in [5.74, 6) is 0. The van der Waals surface area contributed by atoms with Crippen molar-refractivity contribution in [1.82, 2.24) is 4.98 Å². The maximum Gasteiger partial charge on any atom is 0.514 e. The molecule has 0 bridgehead atoms. The summed E-state index contributed by atoms with van der Waals surface area (Å²) in [6.07, 6.45) is 1.82. The summed E-state index contributed by atoms with van der Waals surface area (Å²) in [6, 6.07) is 2.07. The molecule has 0 saturated carbocycles. The molecule has 0 amide bonds. The molecule has 104 valence electrons. The van der Waals surface area contributed by atoms with Gasteiger partial charge in [0.2, 0.25) is 0 Å². The van der Waals surface area contributed by atoms with E-state index >= 15 is 0 Å². The van der Waals surface area contributed by atoms with E-state index in [1.165, 1.54) is 0 Å². The third kappa shape index (κ3) is 2.68. The number of ether oxygens (including phenoxy) is 1. The van der Waals surface area contributed by atoms with E-state index in [0.29, 0.717) is 6.61 Å². The smallest absolute Gasteiger partial charge is 0.398 e. The highest BCUT2D eigenvalue weighted by atomic mass is 16.7. The van der Waals surface area contributed by atoms with Crippen LogP contribution in [-0.2, 0) is 20.7 Å². The van der Waals surface area contributed by atoms with Gasteiger partial charge in [0.1, 0.15) is 0 Å². The first-order chi connectivity index (χ1) is 8.77. The van der Waals surface area contributed by atoms with Gasteiger partial charge in [-0.25, -0.2) is 0 Å². The predicted molar refractivity (Wildman–Crippen MR) is 75.4 cm³/mol. The molecule has 1 fully saturated rings. The molecule has 0 unspecified atom stereocenters. The molecule has 1 saturated heterocycles. The fraction of sp³-hybridized carbons (Fsp3) is 0.643. The Balaban J connectivity index is 2.25. The molecule has 5 heteroatoms. The van der Waals surface area contributed by atoms with Gasteiger partial charge in [0.25, 0.3) is 0 Å². The van der Waals surface area contributed by atoms with Crippen LogP contribution in [0.4, 0.5) is 0 Å². The first kappa shape index (κ1) is 14.5. The number of hydrogen-bond donors (Lipinski definition) is 0. The fourth-order valence-corrected chi connectivity index (χ4v) is 2.09. The summed E-state index contributed by atoms with van der Waals surface area (Å²) in [4.78, 5) is 4.48. The standard InChI is InChI=1S/C14H22BNO3/c1-10-7-11(9-17-6)8-16-12(10)15-18-13(2,3)14(4,5)19-15/h7-8H,9H2,1-6H3. The SMILES string of the molecule is COCc1cnc(B2OC(C)(C)C(C)(C)O2)c(C)c1. The maximum atomic E-state index is 6.01. The van der Waals surface area contributed by atoms with E-state index < -0.39 is 7.12 Å². The lowest BCUT2D eigenvalue weighted by molar-refractivity contribution is 0.00578. The highest BCUT2D eigenvalue weighted by molar-refractivity contribution is 6.61. The van der Waals surface area contributed by atoms with E-state index in [0.717, 1.165) is 16.7 Å². The zero-order valence-electron chi connectivity index (χ0n) is 12.6. The second-order valence-electron chi connectivity index (χ2n) is 6.07. The van der Waals surface area contributed by atoms with E-state index in [1.54, 1.807) is 7.11 Å². The highest BCUT2D eigenvalue weighted by Crippen LogP contribution is 2.36. The van der Waals surface area contributed by atoms with Crippen molar-refractivity contribution in [3.8, 4) is 0 Å². The third-order valence-electron chi connectivity index (χ3n) is 3.96. The minimum atomic E-state index is -0.401. The number of aryl methyl sites for hydroxylation is 1. The second kappa shape index (κ2) is 4.89. The molecule has 0 radical (unpaired) electrons. The number of hydrogen-bond acceptors (Lipinski definition) is 4. The fourth-order valence-electron chi connectivity index (χ4n) is 2.09. The average molecular weight is 263 g/mol. The van der Waals surface area contributed by atoms with Crippen LogP contribution in [0.3, 0.4) is 0 Å². The molecule has 1 aliphatic rings. The van der Waals surface area contributed by atoms with Gasteiger partial charge in [0.15, 0.2) is 0 Å². The Morgan fingerprint density at radius 3 is 2.26 bits per heavy atom. The van der Waals surface area contributed by atoms with Gasteiger partial charge in [-0.15, -0.1) is 0 Å². The van der Waals surface area contributed by atoms with Gasteiger partial charge in [-0.3, -0.25) is 4.98 Å². The predicted octanol–water partition coefficient (Wildman–Crippen LogP) is 1.84. The summed E-state index contributed by atoms with van der Waals surface area (Å²) < 4.78 is 17.1. The Hall–Kier alpha value is -0.905. The van der Waals surface area contributed by atoms with Crippen LogP contribution in [0, 0.1) is 6.92 Å². The van der Waals surface area contributed by atoms with Crippen LogP contribution >= 0.6 is 0 Å². The van der Waals surface area contributed by atoms with Crippen LogP contribution < -0.4 is 5.59 Å². The minimum absolute atomic E-state index is 0.336. The summed E-state index contributed by atoms with van der Waals surface area (Å²) >= 11 is 0. The molecule has 1 aliphatic heterocycles. The lowest BCUT2D eigenvalue weighted by Crippen LogP contribution is -2.41. The van der Waals surface area contributed by atoms with E-state index in [1.807, 2.05) is 40.8 Å². The molecular formula is C14H22BNO3. The Kier molecular flexibility index (Phi) is 3.73. The zero-order chi connectivity index (χ0) is 14.3. The molecule has 4 nitrogen and oxygen atoms in total. The van der Waals surface area contributed by atoms with Crippen LogP contribution in [-0.4, -0.2) is 30.4 Å². The Bertz CT molecular complexity index is 458. The summed E-state index contributed by atoms with van der Waals surface area (Å²) in [5, 5.41) is 0. The van der Waals surface area contributed by atoms with Gasteiger partial charge in [-0.2, -0.15) is 0 Å². The topological polar surface area (TPSA) is 40.6 Å². The van der Waals surface area contributed by atoms with Crippen molar-refractivity contribution in [3.63, 3.8) is 0 Å². The van der Waals surface area contributed by atoms with Crippen molar-refractivity contribution in [2.75, 3.05) is 7.11 Å². The zero-order valence-corrected chi connectivity index (χ0v) is 12.6. The van der Waals surface area contributed by atoms with Crippen LogP contribution in [0.15, 0.2) is 12.3 Å². The number of methoxy groups -OCH3 is 1. The van der Waals surface area contributed by atoms with Crippen LogP contribution in [0.25, 0.3) is 0 Å². The molecule has 2 rings (SSSR count). The van der Waals surface area contributed by atoms with E-state index in [2.05, 4.69) is 11.1 Å². The molecule has 0 spiro atoms. The lowest BCUT2D eigenvalue weighted by atomic mass is 9.81. The van der Waals surface area contributed by atoms with Crippen molar-refractivity contribution in [3.05, 3.63) is 23.4 Å². The molecule has 0 atom stereocenters. The van der Waals surface area contributed by atoms with Gasteiger partial charge in [0.05, 0.1) is 23.4 Å².